The third kappa shape index (κ3) is 5.65. The topological polar surface area (TPSA) is 66.9 Å². The van der Waals surface area contributed by atoms with Crippen molar-refractivity contribution < 1.29 is 9.13 Å². The van der Waals surface area contributed by atoms with E-state index in [1.165, 1.54) is 12.1 Å². The molecular weight excluding hydrogens is 465 g/mol. The zero-order valence-electron chi connectivity index (χ0n) is 18.6. The maximum atomic E-state index is 13.3. The maximum absolute atomic E-state index is 13.3. The van der Waals surface area contributed by atoms with Crippen LogP contribution in [-0.4, -0.2) is 20.6 Å². The van der Waals surface area contributed by atoms with E-state index in [9.17, 15) is 4.39 Å². The lowest BCUT2D eigenvalue weighted by Crippen LogP contribution is -2.22. The summed E-state index contributed by atoms with van der Waals surface area (Å²) < 4.78 is 19.4. The molecule has 0 amide bonds. The van der Waals surface area contributed by atoms with E-state index >= 15 is 0 Å². The highest BCUT2D eigenvalue weighted by Crippen LogP contribution is 2.29. The fourth-order valence-corrected chi connectivity index (χ4v) is 3.85. The molecule has 174 valence electrons. The van der Waals surface area contributed by atoms with Crippen molar-refractivity contribution >= 4 is 17.3 Å². The first kappa shape index (κ1) is 22.6. The number of nitrogens with one attached hydrogen (secondary N) is 1. The van der Waals surface area contributed by atoms with Crippen molar-refractivity contribution in [2.24, 2.45) is 0 Å². The molecular formula is C27H21ClFN5O. The predicted octanol–water partition coefficient (Wildman–Crippen LogP) is 6.66. The minimum atomic E-state index is -0.301. The SMILES string of the molecule is Fc1ccc(Oc2ccccc2CN(Cc2ccc(-c3nn[nH]n3)cc2)c2ccc(Cl)cc2)cc1. The summed E-state index contributed by atoms with van der Waals surface area (Å²) in [5, 5.41) is 14.8. The van der Waals surface area contributed by atoms with E-state index in [1.807, 2.05) is 60.7 Å². The molecule has 5 aromatic rings. The minimum Gasteiger partial charge on any atom is -0.457 e. The molecule has 0 aliphatic rings. The van der Waals surface area contributed by atoms with Gasteiger partial charge in [-0.25, -0.2) is 4.39 Å². The number of halogens is 2. The first-order valence-electron chi connectivity index (χ1n) is 11.0. The smallest absolute Gasteiger partial charge is 0.204 e. The normalized spacial score (nSPS) is 10.8. The number of benzene rings is 4. The van der Waals surface area contributed by atoms with Gasteiger partial charge in [0.25, 0.3) is 0 Å². The average Bonchev–Trinajstić information content (AvgIpc) is 3.42. The van der Waals surface area contributed by atoms with Crippen molar-refractivity contribution in [2.45, 2.75) is 13.1 Å². The number of aromatic amines is 1. The van der Waals surface area contributed by atoms with Crippen LogP contribution in [0, 0.1) is 5.82 Å². The Morgan fingerprint density at radius 3 is 2.29 bits per heavy atom. The van der Waals surface area contributed by atoms with Crippen molar-refractivity contribution in [3.05, 3.63) is 119 Å². The highest BCUT2D eigenvalue weighted by Gasteiger charge is 2.13. The Kier molecular flexibility index (Phi) is 6.68. The molecule has 0 atom stereocenters. The van der Waals surface area contributed by atoms with Crippen LogP contribution in [0.15, 0.2) is 97.1 Å². The van der Waals surface area contributed by atoms with Crippen LogP contribution in [0.1, 0.15) is 11.1 Å². The Labute approximate surface area is 207 Å². The molecule has 0 aliphatic carbocycles. The van der Waals surface area contributed by atoms with Crippen LogP contribution in [0.25, 0.3) is 11.4 Å². The molecule has 6 nitrogen and oxygen atoms in total. The highest BCUT2D eigenvalue weighted by atomic mass is 35.5. The number of ether oxygens (including phenoxy) is 1. The molecule has 0 aliphatic heterocycles. The predicted molar refractivity (Wildman–Crippen MR) is 134 cm³/mol. The molecule has 35 heavy (non-hydrogen) atoms. The molecule has 1 aromatic heterocycles. The van der Waals surface area contributed by atoms with Crippen LogP contribution < -0.4 is 9.64 Å². The van der Waals surface area contributed by atoms with E-state index in [0.717, 1.165) is 22.4 Å². The van der Waals surface area contributed by atoms with Gasteiger partial charge in [0.2, 0.25) is 5.82 Å². The van der Waals surface area contributed by atoms with Crippen molar-refractivity contribution in [3.8, 4) is 22.9 Å². The van der Waals surface area contributed by atoms with Crippen molar-refractivity contribution in [1.29, 1.82) is 0 Å². The number of rotatable bonds is 8. The number of hydrogen-bond acceptors (Lipinski definition) is 5. The van der Waals surface area contributed by atoms with Crippen molar-refractivity contribution in [3.63, 3.8) is 0 Å². The highest BCUT2D eigenvalue weighted by molar-refractivity contribution is 6.30. The van der Waals surface area contributed by atoms with Gasteiger partial charge in [0.15, 0.2) is 0 Å². The molecule has 8 heteroatoms. The van der Waals surface area contributed by atoms with E-state index in [1.54, 1.807) is 12.1 Å². The number of nitrogens with zero attached hydrogens (tertiary/aromatic N) is 4. The molecule has 4 aromatic carbocycles. The molecule has 0 unspecified atom stereocenters. The third-order valence-corrected chi connectivity index (χ3v) is 5.75. The van der Waals surface area contributed by atoms with Gasteiger partial charge in [0, 0.05) is 34.9 Å². The Balaban J connectivity index is 1.41. The number of para-hydroxylation sites is 1. The molecule has 0 saturated heterocycles. The molecule has 0 bridgehead atoms. The Bertz CT molecular complexity index is 1380. The summed E-state index contributed by atoms with van der Waals surface area (Å²) in [6.07, 6.45) is 0. The summed E-state index contributed by atoms with van der Waals surface area (Å²) in [5.74, 6) is 1.54. The lowest BCUT2D eigenvalue weighted by molar-refractivity contribution is 0.473. The molecule has 0 spiro atoms. The lowest BCUT2D eigenvalue weighted by Gasteiger charge is -2.26. The van der Waals surface area contributed by atoms with Gasteiger partial charge in [-0.1, -0.05) is 54.1 Å². The fourth-order valence-electron chi connectivity index (χ4n) is 3.72. The average molecular weight is 486 g/mol. The third-order valence-electron chi connectivity index (χ3n) is 5.50. The van der Waals surface area contributed by atoms with Gasteiger partial charge in [-0.05, 0) is 65.4 Å². The van der Waals surface area contributed by atoms with Gasteiger partial charge in [0.1, 0.15) is 17.3 Å². The number of H-pyrrole nitrogens is 1. The number of anilines is 1. The largest absolute Gasteiger partial charge is 0.457 e. The van der Waals surface area contributed by atoms with E-state index in [2.05, 4.69) is 37.7 Å². The zero-order valence-corrected chi connectivity index (χ0v) is 19.4. The molecule has 0 fully saturated rings. The van der Waals surface area contributed by atoms with Crippen LogP contribution in [-0.2, 0) is 13.1 Å². The lowest BCUT2D eigenvalue weighted by atomic mass is 10.1. The molecule has 1 heterocycles. The van der Waals surface area contributed by atoms with Gasteiger partial charge in [-0.15, -0.1) is 10.2 Å². The first-order valence-corrected chi connectivity index (χ1v) is 11.4. The summed E-state index contributed by atoms with van der Waals surface area (Å²) in [4.78, 5) is 2.24. The van der Waals surface area contributed by atoms with E-state index in [0.29, 0.717) is 35.4 Å². The summed E-state index contributed by atoms with van der Waals surface area (Å²) in [7, 11) is 0. The second-order valence-corrected chi connectivity index (χ2v) is 8.36. The van der Waals surface area contributed by atoms with Crippen LogP contribution in [0.5, 0.6) is 11.5 Å². The molecule has 0 radical (unpaired) electrons. The number of aromatic nitrogens is 4. The van der Waals surface area contributed by atoms with Crippen molar-refractivity contribution in [1.82, 2.24) is 20.6 Å². The van der Waals surface area contributed by atoms with Crippen LogP contribution in [0.2, 0.25) is 5.02 Å². The van der Waals surface area contributed by atoms with Crippen LogP contribution >= 0.6 is 11.6 Å². The van der Waals surface area contributed by atoms with Crippen LogP contribution in [0.3, 0.4) is 0 Å². The second-order valence-electron chi connectivity index (χ2n) is 7.93. The van der Waals surface area contributed by atoms with Gasteiger partial charge in [-0.2, -0.15) is 5.21 Å². The monoisotopic (exact) mass is 485 g/mol. The van der Waals surface area contributed by atoms with Gasteiger partial charge < -0.3 is 9.64 Å². The maximum Gasteiger partial charge on any atom is 0.204 e. The van der Waals surface area contributed by atoms with Gasteiger partial charge in [0.05, 0.1) is 0 Å². The summed E-state index contributed by atoms with van der Waals surface area (Å²) in [5.41, 5.74) is 4.02. The van der Waals surface area contributed by atoms with Crippen molar-refractivity contribution in [2.75, 3.05) is 4.90 Å². The second kappa shape index (κ2) is 10.4. The summed E-state index contributed by atoms with van der Waals surface area (Å²) in [6, 6.07) is 29.7. The minimum absolute atomic E-state index is 0.301. The quantitative estimate of drug-likeness (QED) is 0.266. The summed E-state index contributed by atoms with van der Waals surface area (Å²) >= 11 is 6.14. The van der Waals surface area contributed by atoms with E-state index in [-0.39, 0.29) is 5.82 Å². The zero-order chi connectivity index (χ0) is 24.0. The first-order chi connectivity index (χ1) is 17.1. The van der Waals surface area contributed by atoms with Crippen LogP contribution in [0.4, 0.5) is 10.1 Å². The van der Waals surface area contributed by atoms with E-state index in [4.69, 9.17) is 16.3 Å². The number of tetrazole rings is 1. The molecule has 5 rings (SSSR count). The standard InChI is InChI=1S/C27H21ClFN5O/c28-22-9-13-24(14-10-22)34(17-19-5-7-20(8-6-19)27-30-32-33-31-27)18-21-3-1-2-4-26(21)35-25-15-11-23(29)12-16-25/h1-16H,17-18H2,(H,30,31,32,33). The van der Waals surface area contributed by atoms with Gasteiger partial charge in [-0.3, -0.25) is 0 Å². The number of hydrogen-bond donors (Lipinski definition) is 1. The van der Waals surface area contributed by atoms with E-state index < -0.39 is 0 Å². The van der Waals surface area contributed by atoms with Gasteiger partial charge >= 0.3 is 0 Å². The molecule has 0 saturated carbocycles. The Morgan fingerprint density at radius 2 is 1.57 bits per heavy atom. The Hall–Kier alpha value is -4.23. The Morgan fingerprint density at radius 1 is 0.829 bits per heavy atom. The summed E-state index contributed by atoms with van der Waals surface area (Å²) in [6.45, 7) is 1.24. The fraction of sp³-hybridized carbons (Fsp3) is 0.0741. The molecule has 1 N–H and O–H groups in total.